The Kier molecular flexibility index (Phi) is 9.14. The molecular weight excluding hydrogens is 813 g/mol. The summed E-state index contributed by atoms with van der Waals surface area (Å²) in [5, 5.41) is 9.41. The topological polar surface area (TPSA) is 43.6 Å². The molecule has 13 aromatic rings. The van der Waals surface area contributed by atoms with Gasteiger partial charge in [0.05, 0.1) is 16.7 Å². The fraction of sp³-hybridized carbons (Fsp3) is 0. The van der Waals surface area contributed by atoms with E-state index >= 15 is 0 Å². The Labute approximate surface area is 387 Å². The second-order valence-corrected chi connectivity index (χ2v) is 17.2. The third-order valence-corrected chi connectivity index (χ3v) is 13.2. The molecule has 0 amide bonds. The van der Waals surface area contributed by atoms with Crippen molar-refractivity contribution in [3.63, 3.8) is 0 Å². The van der Waals surface area contributed by atoms with Crippen LogP contribution < -0.4 is 0 Å². The zero-order valence-corrected chi connectivity index (χ0v) is 36.4. The molecule has 2 aromatic heterocycles. The van der Waals surface area contributed by atoms with Gasteiger partial charge in [-0.3, -0.25) is 0 Å². The van der Waals surface area contributed by atoms with E-state index < -0.39 is 0 Å². The number of hydrogen-bond acceptors (Lipinski definition) is 3. The van der Waals surface area contributed by atoms with E-state index in [1.165, 1.54) is 37.8 Å². The van der Waals surface area contributed by atoms with Crippen LogP contribution in [0.2, 0.25) is 0 Å². The van der Waals surface area contributed by atoms with Gasteiger partial charge in [-0.2, -0.15) is 0 Å². The lowest BCUT2D eigenvalue weighted by molar-refractivity contribution is 1.08. The average molecular weight is 853 g/mol. The minimum Gasteiger partial charge on any atom is -0.307 e. The van der Waals surface area contributed by atoms with E-state index in [0.29, 0.717) is 17.5 Å². The van der Waals surface area contributed by atoms with Crippen LogP contribution in [0.15, 0.2) is 243 Å². The van der Waals surface area contributed by atoms with Crippen molar-refractivity contribution in [1.82, 2.24) is 19.5 Å². The molecule has 0 saturated heterocycles. The maximum Gasteiger partial charge on any atom is 0.164 e. The molecule has 0 aliphatic rings. The molecule has 67 heavy (non-hydrogen) atoms. The maximum atomic E-state index is 5.42. The summed E-state index contributed by atoms with van der Waals surface area (Å²) < 4.78 is 2.54. The summed E-state index contributed by atoms with van der Waals surface area (Å²) in [5.74, 6) is 1.84. The third kappa shape index (κ3) is 6.65. The lowest BCUT2D eigenvalue weighted by Crippen LogP contribution is -2.04. The quantitative estimate of drug-likeness (QED) is 0.160. The molecule has 4 nitrogen and oxygen atoms in total. The predicted octanol–water partition coefficient (Wildman–Crippen LogP) is 16.4. The van der Waals surface area contributed by atoms with Crippen LogP contribution in [0.3, 0.4) is 0 Å². The molecule has 0 unspecified atom stereocenters. The van der Waals surface area contributed by atoms with Crippen LogP contribution in [-0.2, 0) is 0 Å². The van der Waals surface area contributed by atoms with E-state index in [1.807, 2.05) is 18.2 Å². The molecule has 0 fully saturated rings. The molecule has 2 heterocycles. The molecular formula is C63H40N4. The summed E-state index contributed by atoms with van der Waals surface area (Å²) in [6.45, 7) is 0. The van der Waals surface area contributed by atoms with Crippen LogP contribution in [-0.4, -0.2) is 19.5 Å². The second kappa shape index (κ2) is 15.9. The Hall–Kier alpha value is -8.99. The highest BCUT2D eigenvalue weighted by Gasteiger charge is 2.25. The molecule has 0 bridgehead atoms. The van der Waals surface area contributed by atoms with Crippen LogP contribution in [0, 0.1) is 0 Å². The van der Waals surface area contributed by atoms with E-state index in [1.54, 1.807) is 0 Å². The lowest BCUT2D eigenvalue weighted by Gasteiger charge is -2.22. The Morgan fingerprint density at radius 1 is 0.254 bits per heavy atom. The smallest absolute Gasteiger partial charge is 0.164 e. The van der Waals surface area contributed by atoms with Crippen molar-refractivity contribution in [3.8, 4) is 73.2 Å². The number of nitrogens with zero attached hydrogens (tertiary/aromatic N) is 4. The van der Waals surface area contributed by atoms with Crippen molar-refractivity contribution < 1.29 is 0 Å². The van der Waals surface area contributed by atoms with Gasteiger partial charge in [-0.25, -0.2) is 15.0 Å². The third-order valence-electron chi connectivity index (χ3n) is 13.2. The normalized spacial score (nSPS) is 11.6. The maximum absolute atomic E-state index is 5.42. The van der Waals surface area contributed by atoms with Gasteiger partial charge in [-0.05, 0) is 79.5 Å². The van der Waals surface area contributed by atoms with Gasteiger partial charge in [0.25, 0.3) is 0 Å². The van der Waals surface area contributed by atoms with Gasteiger partial charge in [-0.15, -0.1) is 0 Å². The molecule has 0 radical (unpaired) electrons. The fourth-order valence-corrected chi connectivity index (χ4v) is 10.0. The number of hydrogen-bond donors (Lipinski definition) is 0. The molecule has 0 saturated carbocycles. The number of rotatable bonds is 7. The van der Waals surface area contributed by atoms with Crippen molar-refractivity contribution in [2.45, 2.75) is 0 Å². The minimum atomic E-state index is 0.597. The first-order valence-electron chi connectivity index (χ1n) is 22.8. The summed E-state index contributed by atoms with van der Waals surface area (Å²) >= 11 is 0. The van der Waals surface area contributed by atoms with Crippen LogP contribution >= 0.6 is 0 Å². The van der Waals surface area contributed by atoms with Gasteiger partial charge in [-0.1, -0.05) is 212 Å². The lowest BCUT2D eigenvalue weighted by atomic mass is 9.91. The number of aromatic nitrogens is 4. The average Bonchev–Trinajstić information content (AvgIpc) is 3.73. The predicted molar refractivity (Wildman–Crippen MR) is 279 cm³/mol. The van der Waals surface area contributed by atoms with Crippen molar-refractivity contribution in [2.75, 3.05) is 0 Å². The van der Waals surface area contributed by atoms with E-state index in [2.05, 4.69) is 229 Å². The summed E-state index contributed by atoms with van der Waals surface area (Å²) in [7, 11) is 0. The van der Waals surface area contributed by atoms with Gasteiger partial charge in [0.15, 0.2) is 17.5 Å². The van der Waals surface area contributed by atoms with Gasteiger partial charge in [0.2, 0.25) is 0 Å². The Morgan fingerprint density at radius 3 is 1.49 bits per heavy atom. The molecule has 0 aliphatic heterocycles. The Bertz CT molecular complexity index is 4020. The van der Waals surface area contributed by atoms with Crippen molar-refractivity contribution in [1.29, 1.82) is 0 Å². The summed E-state index contributed by atoms with van der Waals surface area (Å²) in [6.07, 6.45) is 0. The van der Waals surface area contributed by atoms with Gasteiger partial charge >= 0.3 is 0 Å². The summed E-state index contributed by atoms with van der Waals surface area (Å²) in [4.78, 5) is 16.0. The van der Waals surface area contributed by atoms with Crippen molar-refractivity contribution >= 4 is 54.1 Å². The van der Waals surface area contributed by atoms with E-state index in [-0.39, 0.29) is 0 Å². The SMILES string of the molecule is c1ccc(-c2cccc(-c3cc(-c4nc(-c5ccccc5)nc(-c5cccc6ccccc56)n4)cc(-c4ccccc4)c3-n3c4cc5ccccc5cc4c4ccc5ccccc5c43)c2)cc1. The molecule has 0 N–H and O–H groups in total. The van der Waals surface area contributed by atoms with Crippen LogP contribution in [0.25, 0.3) is 127 Å². The fourth-order valence-electron chi connectivity index (χ4n) is 10.0. The van der Waals surface area contributed by atoms with Crippen molar-refractivity contribution in [2.24, 2.45) is 0 Å². The molecule has 0 atom stereocenters. The first kappa shape index (κ1) is 38.5. The Balaban J connectivity index is 1.19. The van der Waals surface area contributed by atoms with E-state index in [0.717, 1.165) is 72.0 Å². The highest BCUT2D eigenvalue weighted by atomic mass is 15.0. The molecule has 0 spiro atoms. The zero-order valence-electron chi connectivity index (χ0n) is 36.4. The standard InChI is InChI=1S/C63H40N4/c1-4-18-41(19-5-1)46-29-16-30-49(36-46)56-39-50(62-64-61(45-24-8-3-9-25-45)65-63(66-62)54-33-17-28-42-22-12-14-31-51(42)54)38-55(43-20-6-2-7-21-43)60(56)67-58-40-48-27-11-10-26-47(48)37-57(58)53-35-34-44-23-13-15-32-52(44)59(53)67/h1-40H. The monoisotopic (exact) mass is 852 g/mol. The van der Waals surface area contributed by atoms with E-state index in [4.69, 9.17) is 15.0 Å². The molecule has 312 valence electrons. The molecule has 13 rings (SSSR count). The van der Waals surface area contributed by atoms with E-state index in [9.17, 15) is 0 Å². The summed E-state index contributed by atoms with van der Waals surface area (Å²) in [5.41, 5.74) is 12.7. The largest absolute Gasteiger partial charge is 0.307 e. The zero-order chi connectivity index (χ0) is 44.3. The number of benzene rings is 11. The molecule has 11 aromatic carbocycles. The molecule has 0 aliphatic carbocycles. The van der Waals surface area contributed by atoms with Crippen molar-refractivity contribution in [3.05, 3.63) is 243 Å². The number of fused-ring (bicyclic) bond motifs is 7. The van der Waals surface area contributed by atoms with Gasteiger partial charge in [0.1, 0.15) is 0 Å². The van der Waals surface area contributed by atoms with Gasteiger partial charge < -0.3 is 4.57 Å². The highest BCUT2D eigenvalue weighted by Crippen LogP contribution is 2.46. The first-order valence-corrected chi connectivity index (χ1v) is 22.8. The summed E-state index contributed by atoms with van der Waals surface area (Å²) in [6, 6.07) is 86.8. The molecule has 4 heteroatoms. The minimum absolute atomic E-state index is 0.597. The van der Waals surface area contributed by atoms with Gasteiger partial charge in [0, 0.05) is 44.0 Å². The first-order chi connectivity index (χ1) is 33.2. The van der Waals surface area contributed by atoms with Crippen LogP contribution in [0.5, 0.6) is 0 Å². The second-order valence-electron chi connectivity index (χ2n) is 17.2. The Morgan fingerprint density at radius 2 is 0.761 bits per heavy atom. The highest BCUT2D eigenvalue weighted by molar-refractivity contribution is 6.21. The van der Waals surface area contributed by atoms with Crippen LogP contribution in [0.1, 0.15) is 0 Å². The van der Waals surface area contributed by atoms with Crippen LogP contribution in [0.4, 0.5) is 0 Å².